The normalized spacial score (nSPS) is 19.7. The van der Waals surface area contributed by atoms with Crippen LogP contribution in [0, 0.1) is 0 Å². The summed E-state index contributed by atoms with van der Waals surface area (Å²) in [5.74, 6) is -0.111. The molecule has 1 aromatic heterocycles. The van der Waals surface area contributed by atoms with Crippen molar-refractivity contribution in [2.45, 2.75) is 31.7 Å². The van der Waals surface area contributed by atoms with E-state index in [9.17, 15) is 4.79 Å². The first-order valence-corrected chi connectivity index (χ1v) is 6.46. The number of aromatic nitrogens is 2. The van der Waals surface area contributed by atoms with Gasteiger partial charge in [0.05, 0.1) is 6.20 Å². The summed E-state index contributed by atoms with van der Waals surface area (Å²) in [6.45, 7) is 1.80. The Balaban J connectivity index is 1.62. The Labute approximate surface area is 107 Å². The number of carbonyl (C=O) groups excluding carboxylic acids is 1. The lowest BCUT2D eigenvalue weighted by molar-refractivity contribution is 0.0731. The molecule has 1 saturated heterocycles. The van der Waals surface area contributed by atoms with Crippen molar-refractivity contribution in [3.05, 3.63) is 24.3 Å². The van der Waals surface area contributed by atoms with Gasteiger partial charge in [0.2, 0.25) is 5.78 Å². The number of piperidine rings is 1. The van der Waals surface area contributed by atoms with Crippen LogP contribution in [0.4, 0.5) is 0 Å². The number of nitrogens with zero attached hydrogens (tertiary/aromatic N) is 2. The zero-order valence-electron chi connectivity index (χ0n) is 10.5. The summed E-state index contributed by atoms with van der Waals surface area (Å²) in [4.78, 5) is 19.5. The van der Waals surface area contributed by atoms with Crippen LogP contribution in [0.2, 0.25) is 0 Å². The van der Waals surface area contributed by atoms with E-state index in [2.05, 4.69) is 15.3 Å². The summed E-state index contributed by atoms with van der Waals surface area (Å²) in [5, 5.41) is 3.45. The fourth-order valence-electron chi connectivity index (χ4n) is 2.08. The molecule has 0 aliphatic carbocycles. The third-order valence-electron chi connectivity index (χ3n) is 3.11. The van der Waals surface area contributed by atoms with Crippen molar-refractivity contribution in [3.8, 4) is 0 Å². The Morgan fingerprint density at radius 2 is 2.39 bits per heavy atom. The first-order valence-electron chi connectivity index (χ1n) is 6.46. The number of Topliss-reactive ketones (excluding diaryl/α,β-unsaturated/α-hetero) is 1. The van der Waals surface area contributed by atoms with E-state index in [0.29, 0.717) is 18.3 Å². The molecule has 0 saturated carbocycles. The first-order chi connectivity index (χ1) is 8.86. The zero-order valence-corrected chi connectivity index (χ0v) is 10.5. The average Bonchev–Trinajstić information content (AvgIpc) is 2.45. The predicted octanol–water partition coefficient (Wildman–Crippen LogP) is 1.21. The van der Waals surface area contributed by atoms with E-state index in [1.54, 1.807) is 6.20 Å². The van der Waals surface area contributed by atoms with Gasteiger partial charge in [-0.25, -0.2) is 4.98 Å². The van der Waals surface area contributed by atoms with E-state index in [1.165, 1.54) is 31.7 Å². The van der Waals surface area contributed by atoms with Crippen molar-refractivity contribution < 1.29 is 9.53 Å². The molecule has 0 amide bonds. The van der Waals surface area contributed by atoms with Crippen LogP contribution in [0.1, 0.15) is 36.2 Å². The Morgan fingerprint density at radius 3 is 3.11 bits per heavy atom. The largest absolute Gasteiger partial charge is 0.373 e. The van der Waals surface area contributed by atoms with E-state index in [4.69, 9.17) is 4.74 Å². The molecule has 0 radical (unpaired) electrons. The molecular formula is C13H19N3O2. The summed E-state index contributed by atoms with van der Waals surface area (Å²) in [7, 11) is 0. The molecule has 5 heteroatoms. The Bertz CT molecular complexity index is 364. The van der Waals surface area contributed by atoms with Crippen molar-refractivity contribution >= 4 is 5.78 Å². The van der Waals surface area contributed by atoms with Gasteiger partial charge in [-0.15, -0.1) is 0 Å². The highest BCUT2D eigenvalue weighted by Crippen LogP contribution is 2.09. The molecule has 1 aliphatic heterocycles. The lowest BCUT2D eigenvalue weighted by atomic mass is 10.0. The molecule has 2 rings (SSSR count). The molecule has 0 spiro atoms. The minimum absolute atomic E-state index is 0.0887. The SMILES string of the molecule is O=C(COCC[C@@H]1CCCCN1)c1cnccn1. The number of rotatable bonds is 6. The molecule has 1 atom stereocenters. The molecule has 2 heterocycles. The van der Waals surface area contributed by atoms with Crippen molar-refractivity contribution in [3.63, 3.8) is 0 Å². The van der Waals surface area contributed by atoms with E-state index < -0.39 is 0 Å². The molecular weight excluding hydrogens is 230 g/mol. The highest BCUT2D eigenvalue weighted by Gasteiger charge is 2.12. The van der Waals surface area contributed by atoms with Crippen LogP contribution in [0.5, 0.6) is 0 Å². The Kier molecular flexibility index (Phi) is 5.23. The fourth-order valence-corrected chi connectivity index (χ4v) is 2.08. The molecule has 5 nitrogen and oxygen atoms in total. The smallest absolute Gasteiger partial charge is 0.208 e. The predicted molar refractivity (Wildman–Crippen MR) is 67.4 cm³/mol. The maximum Gasteiger partial charge on any atom is 0.208 e. The second-order valence-electron chi connectivity index (χ2n) is 4.50. The second kappa shape index (κ2) is 7.18. The molecule has 0 aromatic carbocycles. The van der Waals surface area contributed by atoms with Crippen molar-refractivity contribution in [1.29, 1.82) is 0 Å². The standard InChI is InChI=1S/C13H19N3O2/c17-13(12-9-14-6-7-16-12)10-18-8-4-11-3-1-2-5-15-11/h6-7,9,11,15H,1-5,8,10H2/t11-/m0/s1. The molecule has 1 N–H and O–H groups in total. The topological polar surface area (TPSA) is 64.1 Å². The number of ketones is 1. The van der Waals surface area contributed by atoms with Crippen LogP contribution in [-0.4, -0.2) is 41.6 Å². The average molecular weight is 249 g/mol. The third kappa shape index (κ3) is 4.16. The monoisotopic (exact) mass is 249 g/mol. The highest BCUT2D eigenvalue weighted by atomic mass is 16.5. The molecule has 0 unspecified atom stereocenters. The van der Waals surface area contributed by atoms with Gasteiger partial charge in [-0.05, 0) is 25.8 Å². The van der Waals surface area contributed by atoms with Crippen molar-refractivity contribution in [2.24, 2.45) is 0 Å². The van der Waals surface area contributed by atoms with Crippen LogP contribution >= 0.6 is 0 Å². The van der Waals surface area contributed by atoms with Crippen LogP contribution in [0.15, 0.2) is 18.6 Å². The van der Waals surface area contributed by atoms with Gasteiger partial charge in [-0.2, -0.15) is 0 Å². The highest BCUT2D eigenvalue weighted by molar-refractivity contribution is 5.94. The van der Waals surface area contributed by atoms with Crippen molar-refractivity contribution in [2.75, 3.05) is 19.8 Å². The zero-order chi connectivity index (χ0) is 12.6. The number of ether oxygens (including phenoxy) is 1. The van der Waals surface area contributed by atoms with Crippen LogP contribution < -0.4 is 5.32 Å². The quantitative estimate of drug-likeness (QED) is 0.606. The number of nitrogens with one attached hydrogen (secondary N) is 1. The molecule has 1 aliphatic rings. The van der Waals surface area contributed by atoms with Crippen LogP contribution in [0.25, 0.3) is 0 Å². The lowest BCUT2D eigenvalue weighted by Gasteiger charge is -2.23. The Hall–Kier alpha value is -1.33. The van der Waals surface area contributed by atoms with Gasteiger partial charge < -0.3 is 10.1 Å². The van der Waals surface area contributed by atoms with E-state index in [-0.39, 0.29) is 12.4 Å². The van der Waals surface area contributed by atoms with Gasteiger partial charge in [-0.1, -0.05) is 6.42 Å². The maximum atomic E-state index is 11.7. The van der Waals surface area contributed by atoms with Gasteiger partial charge in [0.15, 0.2) is 0 Å². The number of carbonyl (C=O) groups is 1. The third-order valence-corrected chi connectivity index (χ3v) is 3.11. The lowest BCUT2D eigenvalue weighted by Crippen LogP contribution is -2.34. The van der Waals surface area contributed by atoms with Gasteiger partial charge in [0.25, 0.3) is 0 Å². The number of hydrogen-bond donors (Lipinski definition) is 1. The minimum atomic E-state index is -0.111. The summed E-state index contributed by atoms with van der Waals surface area (Å²) >= 11 is 0. The molecule has 1 fully saturated rings. The Morgan fingerprint density at radius 1 is 1.44 bits per heavy atom. The fraction of sp³-hybridized carbons (Fsp3) is 0.615. The molecule has 1 aromatic rings. The minimum Gasteiger partial charge on any atom is -0.373 e. The second-order valence-corrected chi connectivity index (χ2v) is 4.50. The van der Waals surface area contributed by atoms with Crippen LogP contribution in [-0.2, 0) is 4.74 Å². The maximum absolute atomic E-state index is 11.7. The van der Waals surface area contributed by atoms with Gasteiger partial charge in [0.1, 0.15) is 12.3 Å². The van der Waals surface area contributed by atoms with E-state index in [1.807, 2.05) is 0 Å². The van der Waals surface area contributed by atoms with E-state index in [0.717, 1.165) is 13.0 Å². The summed E-state index contributed by atoms with van der Waals surface area (Å²) < 4.78 is 5.40. The molecule has 0 bridgehead atoms. The summed E-state index contributed by atoms with van der Waals surface area (Å²) in [5.41, 5.74) is 0.369. The summed E-state index contributed by atoms with van der Waals surface area (Å²) in [6, 6.07) is 0.547. The number of hydrogen-bond acceptors (Lipinski definition) is 5. The van der Waals surface area contributed by atoms with Gasteiger partial charge >= 0.3 is 0 Å². The van der Waals surface area contributed by atoms with Crippen molar-refractivity contribution in [1.82, 2.24) is 15.3 Å². The molecule has 98 valence electrons. The molecule has 18 heavy (non-hydrogen) atoms. The van der Waals surface area contributed by atoms with Gasteiger partial charge in [-0.3, -0.25) is 9.78 Å². The van der Waals surface area contributed by atoms with Gasteiger partial charge in [0, 0.05) is 25.0 Å². The van der Waals surface area contributed by atoms with Crippen LogP contribution in [0.3, 0.4) is 0 Å². The summed E-state index contributed by atoms with van der Waals surface area (Å²) in [6.07, 6.45) is 9.26. The van der Waals surface area contributed by atoms with E-state index >= 15 is 0 Å². The first kappa shape index (κ1) is 13.1.